The van der Waals surface area contributed by atoms with Gasteiger partial charge in [-0.1, -0.05) is 6.08 Å². The molecule has 0 aromatic carbocycles. The summed E-state index contributed by atoms with van der Waals surface area (Å²) >= 11 is 0. The fraction of sp³-hybridized carbons (Fsp3) is 0.625. The van der Waals surface area contributed by atoms with Gasteiger partial charge in [0.1, 0.15) is 5.65 Å². The molecule has 2 fully saturated rings. The van der Waals surface area contributed by atoms with Crippen LogP contribution in [0.4, 0.5) is 14.7 Å². The van der Waals surface area contributed by atoms with Gasteiger partial charge in [-0.25, -0.2) is 22.2 Å². The van der Waals surface area contributed by atoms with Crippen LogP contribution >= 0.6 is 0 Å². The summed E-state index contributed by atoms with van der Waals surface area (Å²) in [6, 6.07) is 0.307. The van der Waals surface area contributed by atoms with E-state index in [4.69, 9.17) is 4.74 Å². The number of nitrogens with zero attached hydrogens (tertiary/aromatic N) is 4. The van der Waals surface area contributed by atoms with Crippen LogP contribution in [0.15, 0.2) is 28.5 Å². The van der Waals surface area contributed by atoms with Gasteiger partial charge in [0, 0.05) is 49.8 Å². The Hall–Kier alpha value is -2.48. The molecule has 0 spiro atoms. The minimum Gasteiger partial charge on any atom is -0.388 e. The van der Waals surface area contributed by atoms with Gasteiger partial charge in [0.2, 0.25) is 16.0 Å². The van der Waals surface area contributed by atoms with Crippen LogP contribution in [0.25, 0.3) is 11.0 Å². The standard InChI is InChI=1S/C24H33F2N5O5S/c1-24(33)9-5-6-19(24)31-21-16(14-18(20(25)26)22(31)32)15-27-23(29-21)28-17-7-10-30(11-8-17)37(34,35)13-4-3-12-36-2/h4,13-15,17,19-20,33H,3,5-12H2,1-2H3,(H,27,28,29)/b13-4+/t19-,24-/m1/s1. The van der Waals surface area contributed by atoms with Gasteiger partial charge >= 0.3 is 0 Å². The number of halogens is 2. The number of ether oxygens (including phenoxy) is 1. The number of rotatable bonds is 9. The van der Waals surface area contributed by atoms with Gasteiger partial charge in [-0.2, -0.15) is 9.29 Å². The smallest absolute Gasteiger partial charge is 0.269 e. The van der Waals surface area contributed by atoms with Crippen molar-refractivity contribution in [2.75, 3.05) is 32.1 Å². The summed E-state index contributed by atoms with van der Waals surface area (Å²) in [4.78, 5) is 21.8. The number of hydrogen-bond donors (Lipinski definition) is 2. The van der Waals surface area contributed by atoms with Crippen molar-refractivity contribution in [2.24, 2.45) is 0 Å². The summed E-state index contributed by atoms with van der Waals surface area (Å²) in [5.74, 6) is 0.212. The van der Waals surface area contributed by atoms with Gasteiger partial charge in [0.05, 0.1) is 17.2 Å². The summed E-state index contributed by atoms with van der Waals surface area (Å²) in [5, 5.41) is 15.5. The van der Waals surface area contributed by atoms with Crippen LogP contribution < -0.4 is 10.9 Å². The van der Waals surface area contributed by atoms with Crippen LogP contribution in [0.1, 0.15) is 63.5 Å². The largest absolute Gasteiger partial charge is 0.388 e. The molecule has 2 aromatic rings. The third-order valence-corrected chi connectivity index (χ3v) is 8.75. The molecule has 1 aliphatic heterocycles. The molecule has 1 saturated carbocycles. The van der Waals surface area contributed by atoms with Crippen LogP contribution in [-0.2, 0) is 14.8 Å². The molecule has 0 amide bonds. The van der Waals surface area contributed by atoms with E-state index in [1.807, 2.05) is 0 Å². The topological polar surface area (TPSA) is 127 Å². The van der Waals surface area contributed by atoms with Crippen LogP contribution in [-0.4, -0.2) is 70.8 Å². The lowest BCUT2D eigenvalue weighted by molar-refractivity contribution is 0.0261. The van der Waals surface area contributed by atoms with Gasteiger partial charge in [0.25, 0.3) is 12.0 Å². The average molecular weight is 542 g/mol. The SMILES string of the molecule is COCC/C=C/S(=O)(=O)N1CCC(Nc2ncc3cc(C(F)F)c(=O)n([C@@H]4CCC[C@@]4(C)O)c3n2)CC1. The molecule has 204 valence electrons. The minimum atomic E-state index is -3.52. The molecular weight excluding hydrogens is 508 g/mol. The van der Waals surface area contributed by atoms with Gasteiger partial charge in [0.15, 0.2) is 0 Å². The molecule has 0 bridgehead atoms. The predicted octanol–water partition coefficient (Wildman–Crippen LogP) is 2.96. The fourth-order valence-electron chi connectivity index (χ4n) is 5.09. The first-order valence-corrected chi connectivity index (χ1v) is 13.9. The number of piperidine rings is 1. The maximum absolute atomic E-state index is 13.6. The molecule has 3 heterocycles. The van der Waals surface area contributed by atoms with Gasteiger partial charge in [-0.15, -0.1) is 0 Å². The molecule has 2 N–H and O–H groups in total. The molecule has 0 radical (unpaired) electrons. The van der Waals surface area contributed by atoms with E-state index in [1.165, 1.54) is 20.5 Å². The van der Waals surface area contributed by atoms with E-state index in [1.54, 1.807) is 20.1 Å². The Bertz CT molecular complexity index is 1310. The molecule has 37 heavy (non-hydrogen) atoms. The van der Waals surface area contributed by atoms with Crippen LogP contribution in [0.2, 0.25) is 0 Å². The van der Waals surface area contributed by atoms with Crippen molar-refractivity contribution in [3.05, 3.63) is 39.7 Å². The molecule has 2 aliphatic rings. The highest BCUT2D eigenvalue weighted by molar-refractivity contribution is 7.92. The molecule has 2 atom stereocenters. The lowest BCUT2D eigenvalue weighted by Gasteiger charge is -2.31. The number of methoxy groups -OCH3 is 1. The number of hydrogen-bond acceptors (Lipinski definition) is 8. The molecule has 0 unspecified atom stereocenters. The number of fused-ring (bicyclic) bond motifs is 1. The Morgan fingerprint density at radius 2 is 2.05 bits per heavy atom. The number of nitrogens with one attached hydrogen (secondary N) is 1. The van der Waals surface area contributed by atoms with E-state index in [0.717, 1.165) is 6.07 Å². The Morgan fingerprint density at radius 1 is 1.32 bits per heavy atom. The second kappa shape index (κ2) is 11.1. The first kappa shape index (κ1) is 27.6. The monoisotopic (exact) mass is 541 g/mol. The first-order valence-electron chi connectivity index (χ1n) is 12.4. The lowest BCUT2D eigenvalue weighted by Crippen LogP contribution is -2.42. The van der Waals surface area contributed by atoms with E-state index in [-0.39, 0.29) is 23.0 Å². The zero-order chi connectivity index (χ0) is 26.8. The van der Waals surface area contributed by atoms with Gasteiger partial charge in [-0.05, 0) is 51.5 Å². The number of sulfonamides is 1. The molecule has 13 heteroatoms. The number of alkyl halides is 2. The van der Waals surface area contributed by atoms with E-state index in [0.29, 0.717) is 58.2 Å². The number of aromatic nitrogens is 3. The van der Waals surface area contributed by atoms with E-state index in [9.17, 15) is 27.1 Å². The Labute approximate surface area is 214 Å². The second-order valence-corrected chi connectivity index (χ2v) is 11.6. The summed E-state index contributed by atoms with van der Waals surface area (Å²) in [5.41, 5.74) is -2.56. The Morgan fingerprint density at radius 3 is 2.68 bits per heavy atom. The third-order valence-electron chi connectivity index (χ3n) is 7.13. The first-order chi connectivity index (χ1) is 17.5. The number of aliphatic hydroxyl groups is 1. The summed E-state index contributed by atoms with van der Waals surface area (Å²) in [7, 11) is -1.96. The molecule has 1 saturated heterocycles. The normalized spacial score (nSPS) is 24.0. The van der Waals surface area contributed by atoms with Gasteiger partial charge in [-0.3, -0.25) is 9.36 Å². The summed E-state index contributed by atoms with van der Waals surface area (Å²) in [6.07, 6.45) is 3.10. The van der Waals surface area contributed by atoms with E-state index >= 15 is 0 Å². The molecule has 2 aromatic heterocycles. The van der Waals surface area contributed by atoms with Crippen molar-refractivity contribution in [1.82, 2.24) is 18.8 Å². The minimum absolute atomic E-state index is 0.114. The average Bonchev–Trinajstić information content (AvgIpc) is 3.20. The van der Waals surface area contributed by atoms with Crippen molar-refractivity contribution in [3.63, 3.8) is 0 Å². The Kier molecular flexibility index (Phi) is 8.26. The van der Waals surface area contributed by atoms with Gasteiger partial charge < -0.3 is 15.2 Å². The second-order valence-electron chi connectivity index (χ2n) is 9.83. The molecular formula is C24H33F2N5O5S. The lowest BCUT2D eigenvalue weighted by atomic mass is 9.99. The highest BCUT2D eigenvalue weighted by atomic mass is 32.2. The van der Waals surface area contributed by atoms with Crippen LogP contribution in [0.3, 0.4) is 0 Å². The maximum atomic E-state index is 13.6. The zero-order valence-electron chi connectivity index (χ0n) is 20.9. The Balaban J connectivity index is 1.55. The number of pyridine rings is 1. The van der Waals surface area contributed by atoms with Crippen molar-refractivity contribution < 1.29 is 27.0 Å². The maximum Gasteiger partial charge on any atom is 0.269 e. The van der Waals surface area contributed by atoms with E-state index < -0.39 is 39.2 Å². The fourth-order valence-corrected chi connectivity index (χ4v) is 6.36. The van der Waals surface area contributed by atoms with Crippen molar-refractivity contribution >= 4 is 27.0 Å². The van der Waals surface area contributed by atoms with Crippen LogP contribution in [0, 0.1) is 0 Å². The van der Waals surface area contributed by atoms with Crippen molar-refractivity contribution in [3.8, 4) is 0 Å². The van der Waals surface area contributed by atoms with Crippen molar-refractivity contribution in [2.45, 2.75) is 69.6 Å². The zero-order valence-corrected chi connectivity index (χ0v) is 21.8. The highest BCUT2D eigenvalue weighted by Gasteiger charge is 2.40. The predicted molar refractivity (Wildman–Crippen MR) is 135 cm³/mol. The molecule has 10 nitrogen and oxygen atoms in total. The quantitative estimate of drug-likeness (QED) is 0.464. The summed E-state index contributed by atoms with van der Waals surface area (Å²) < 4.78 is 59.9. The highest BCUT2D eigenvalue weighted by Crippen LogP contribution is 2.39. The number of anilines is 1. The molecule has 4 rings (SSSR count). The summed E-state index contributed by atoms with van der Waals surface area (Å²) in [6.45, 7) is 2.68. The van der Waals surface area contributed by atoms with Crippen molar-refractivity contribution in [1.29, 1.82) is 0 Å². The van der Waals surface area contributed by atoms with Crippen LogP contribution in [0.5, 0.6) is 0 Å². The third kappa shape index (κ3) is 6.00. The van der Waals surface area contributed by atoms with E-state index in [2.05, 4.69) is 15.3 Å². The molecule has 1 aliphatic carbocycles.